The SMILES string of the molecule is c1ccc(-c2cccc(-c3cccc4c3sc3c4ccc4ccn(-c5ccc(N6c7ccccc7Oc7ccccc76)cc5)c43)c2)cc1. The average molecular weight is 633 g/mol. The number of fused-ring (bicyclic) bond motifs is 7. The third-order valence-corrected chi connectivity index (χ3v) is 10.7. The van der Waals surface area contributed by atoms with Crippen LogP contribution < -0.4 is 9.64 Å². The van der Waals surface area contributed by atoms with E-state index >= 15 is 0 Å². The molecule has 0 saturated carbocycles. The van der Waals surface area contributed by atoms with Gasteiger partial charge in [-0.1, -0.05) is 103 Å². The molecule has 0 saturated heterocycles. The molecule has 7 aromatic carbocycles. The number of aromatic nitrogens is 1. The molecule has 0 aliphatic carbocycles. The normalized spacial score (nSPS) is 12.3. The second-order valence-electron chi connectivity index (χ2n) is 12.2. The minimum atomic E-state index is 0.856. The maximum absolute atomic E-state index is 6.24. The van der Waals surface area contributed by atoms with Gasteiger partial charge in [-0.25, -0.2) is 0 Å². The first-order valence-corrected chi connectivity index (χ1v) is 17.0. The van der Waals surface area contributed by atoms with Gasteiger partial charge in [0, 0.05) is 38.4 Å². The Kier molecular flexibility index (Phi) is 6.05. The molecule has 9 aromatic rings. The van der Waals surface area contributed by atoms with Crippen LogP contribution in [-0.2, 0) is 0 Å². The van der Waals surface area contributed by atoms with Gasteiger partial charge in [0.2, 0.25) is 0 Å². The van der Waals surface area contributed by atoms with Crippen LogP contribution in [0.25, 0.3) is 59.0 Å². The van der Waals surface area contributed by atoms with Gasteiger partial charge in [-0.15, -0.1) is 11.3 Å². The van der Waals surface area contributed by atoms with Crippen molar-refractivity contribution in [3.8, 4) is 39.4 Å². The molecule has 0 atom stereocenters. The summed E-state index contributed by atoms with van der Waals surface area (Å²) in [6, 6.07) is 58.4. The van der Waals surface area contributed by atoms with Crippen LogP contribution in [0.1, 0.15) is 0 Å². The van der Waals surface area contributed by atoms with Crippen molar-refractivity contribution in [2.75, 3.05) is 4.90 Å². The molecular formula is C44H28N2OS. The van der Waals surface area contributed by atoms with Gasteiger partial charge < -0.3 is 14.2 Å². The largest absolute Gasteiger partial charge is 0.453 e. The summed E-state index contributed by atoms with van der Waals surface area (Å²) in [5.41, 5.74) is 10.5. The summed E-state index contributed by atoms with van der Waals surface area (Å²) in [5.74, 6) is 1.71. The van der Waals surface area contributed by atoms with E-state index in [0.717, 1.165) is 34.2 Å². The molecule has 0 unspecified atom stereocenters. The van der Waals surface area contributed by atoms with Gasteiger partial charge >= 0.3 is 0 Å². The first-order chi connectivity index (χ1) is 23.8. The summed E-state index contributed by atoms with van der Waals surface area (Å²) < 4.78 is 11.2. The molecule has 1 aliphatic heterocycles. The minimum Gasteiger partial charge on any atom is -0.453 e. The van der Waals surface area contributed by atoms with E-state index in [0.29, 0.717) is 0 Å². The molecule has 0 bridgehead atoms. The molecule has 0 spiro atoms. The minimum absolute atomic E-state index is 0.856. The molecule has 0 fully saturated rings. The van der Waals surface area contributed by atoms with Crippen molar-refractivity contribution in [1.82, 2.24) is 4.57 Å². The van der Waals surface area contributed by atoms with Gasteiger partial charge in [0.05, 0.1) is 21.6 Å². The number of anilines is 3. The van der Waals surface area contributed by atoms with Crippen LogP contribution in [0.15, 0.2) is 170 Å². The summed E-state index contributed by atoms with van der Waals surface area (Å²) in [7, 11) is 0. The van der Waals surface area contributed by atoms with E-state index in [1.54, 1.807) is 0 Å². The number of ether oxygens (including phenoxy) is 1. The Hall–Kier alpha value is -6.10. The summed E-state index contributed by atoms with van der Waals surface area (Å²) in [6.45, 7) is 0. The number of thiophene rings is 1. The van der Waals surface area contributed by atoms with Gasteiger partial charge in [-0.05, 0) is 82.9 Å². The maximum Gasteiger partial charge on any atom is 0.151 e. The molecule has 0 amide bonds. The van der Waals surface area contributed by atoms with Crippen LogP contribution >= 0.6 is 11.3 Å². The predicted octanol–water partition coefficient (Wildman–Crippen LogP) is 12.9. The highest BCUT2D eigenvalue weighted by atomic mass is 32.1. The number of hydrogen-bond acceptors (Lipinski definition) is 3. The predicted molar refractivity (Wildman–Crippen MR) is 202 cm³/mol. The van der Waals surface area contributed by atoms with Crippen LogP contribution in [-0.4, -0.2) is 4.57 Å². The van der Waals surface area contributed by atoms with Crippen LogP contribution in [0, 0.1) is 0 Å². The number of rotatable bonds is 4. The maximum atomic E-state index is 6.24. The first-order valence-electron chi connectivity index (χ1n) is 16.2. The standard InChI is InChI=1S/C44H28N2OS/c1-2-10-29(11-3-1)31-12-8-13-32(28-31)35-14-9-15-36-37-25-20-30-26-27-45(42(30)44(37)48-43(35)36)33-21-23-34(24-22-33)46-38-16-4-6-18-40(38)47-41-19-7-5-17-39(41)46/h1-28H. The lowest BCUT2D eigenvalue weighted by Crippen LogP contribution is -2.15. The molecular weight excluding hydrogens is 605 g/mol. The van der Waals surface area contributed by atoms with Gasteiger partial charge in [0.25, 0.3) is 0 Å². The van der Waals surface area contributed by atoms with Gasteiger partial charge in [-0.3, -0.25) is 0 Å². The van der Waals surface area contributed by atoms with Crippen LogP contribution in [0.5, 0.6) is 11.5 Å². The second kappa shape index (κ2) is 10.7. The smallest absolute Gasteiger partial charge is 0.151 e. The van der Waals surface area contributed by atoms with Crippen molar-refractivity contribution in [3.05, 3.63) is 170 Å². The lowest BCUT2D eigenvalue weighted by Gasteiger charge is -2.32. The number of para-hydroxylation sites is 4. The number of benzene rings is 7. The molecule has 48 heavy (non-hydrogen) atoms. The van der Waals surface area contributed by atoms with Crippen LogP contribution in [0.2, 0.25) is 0 Å². The van der Waals surface area contributed by atoms with Crippen molar-refractivity contribution in [3.63, 3.8) is 0 Å². The van der Waals surface area contributed by atoms with E-state index in [9.17, 15) is 0 Å². The molecule has 3 nitrogen and oxygen atoms in total. The zero-order valence-corrected chi connectivity index (χ0v) is 26.7. The molecule has 2 aromatic heterocycles. The Balaban J connectivity index is 1.09. The Morgan fingerprint density at radius 1 is 0.458 bits per heavy atom. The Bertz CT molecular complexity index is 2610. The topological polar surface area (TPSA) is 17.4 Å². The Labute approximate surface area is 282 Å². The van der Waals surface area contributed by atoms with Crippen molar-refractivity contribution in [2.45, 2.75) is 0 Å². The quantitative estimate of drug-likeness (QED) is 0.192. The summed E-state index contributed by atoms with van der Waals surface area (Å²) in [6.07, 6.45) is 2.20. The third kappa shape index (κ3) is 4.20. The van der Waals surface area contributed by atoms with E-state index in [1.807, 2.05) is 35.6 Å². The highest BCUT2D eigenvalue weighted by Gasteiger charge is 2.25. The Morgan fingerprint density at radius 2 is 1.10 bits per heavy atom. The fourth-order valence-corrected chi connectivity index (χ4v) is 8.55. The lowest BCUT2D eigenvalue weighted by atomic mass is 9.98. The lowest BCUT2D eigenvalue weighted by molar-refractivity contribution is 0.477. The van der Waals surface area contributed by atoms with Crippen molar-refractivity contribution in [2.24, 2.45) is 0 Å². The summed E-state index contributed by atoms with van der Waals surface area (Å²) in [5, 5.41) is 3.83. The molecule has 0 N–H and O–H groups in total. The molecule has 1 aliphatic rings. The highest BCUT2D eigenvalue weighted by molar-refractivity contribution is 7.27. The van der Waals surface area contributed by atoms with E-state index in [4.69, 9.17) is 4.74 Å². The fourth-order valence-electron chi connectivity index (χ4n) is 7.16. The molecule has 0 radical (unpaired) electrons. The van der Waals surface area contributed by atoms with Crippen molar-refractivity contribution < 1.29 is 4.74 Å². The second-order valence-corrected chi connectivity index (χ2v) is 13.2. The monoisotopic (exact) mass is 632 g/mol. The Morgan fingerprint density at radius 3 is 1.90 bits per heavy atom. The van der Waals surface area contributed by atoms with Crippen LogP contribution in [0.4, 0.5) is 17.1 Å². The van der Waals surface area contributed by atoms with Crippen LogP contribution in [0.3, 0.4) is 0 Å². The molecule has 3 heterocycles. The van der Waals surface area contributed by atoms with E-state index in [-0.39, 0.29) is 0 Å². The molecule has 226 valence electrons. The van der Waals surface area contributed by atoms with E-state index in [2.05, 4.69) is 155 Å². The van der Waals surface area contributed by atoms with Crippen molar-refractivity contribution in [1.29, 1.82) is 0 Å². The van der Waals surface area contributed by atoms with E-state index < -0.39 is 0 Å². The summed E-state index contributed by atoms with van der Waals surface area (Å²) >= 11 is 1.90. The van der Waals surface area contributed by atoms with Gasteiger partial charge in [0.15, 0.2) is 11.5 Å². The molecule has 10 rings (SSSR count). The first kappa shape index (κ1) is 27.1. The van der Waals surface area contributed by atoms with Gasteiger partial charge in [-0.2, -0.15) is 0 Å². The average Bonchev–Trinajstić information content (AvgIpc) is 3.76. The van der Waals surface area contributed by atoms with Gasteiger partial charge in [0.1, 0.15) is 0 Å². The zero-order valence-electron chi connectivity index (χ0n) is 25.9. The number of hydrogen-bond donors (Lipinski definition) is 0. The van der Waals surface area contributed by atoms with Crippen molar-refractivity contribution >= 4 is 59.5 Å². The fraction of sp³-hybridized carbons (Fsp3) is 0. The third-order valence-electron chi connectivity index (χ3n) is 9.42. The summed E-state index contributed by atoms with van der Waals surface area (Å²) in [4.78, 5) is 2.28. The zero-order chi connectivity index (χ0) is 31.6. The highest BCUT2D eigenvalue weighted by Crippen LogP contribution is 2.50. The number of nitrogens with zero attached hydrogens (tertiary/aromatic N) is 2. The van der Waals surface area contributed by atoms with E-state index in [1.165, 1.54) is 53.3 Å². The molecule has 4 heteroatoms.